The number of hydrogen-bond acceptors (Lipinski definition) is 4. The highest BCUT2D eigenvalue weighted by molar-refractivity contribution is 5.93. The van der Waals surface area contributed by atoms with E-state index < -0.39 is 6.10 Å². The third-order valence-corrected chi connectivity index (χ3v) is 5.15. The number of carbonyl (C=O) groups is 1. The first kappa shape index (κ1) is 18.3. The van der Waals surface area contributed by atoms with E-state index in [1.165, 1.54) is 0 Å². The first-order valence-electron chi connectivity index (χ1n) is 9.36. The standard InChI is InChI=1S/C22H23N3O3/c1-14-12-16(13-15(2)19(14)26)24-22(27)18-8-11-28-20(18)21-23-9-10-25(21)17-6-4-3-5-7-17/h3-7,9-10,12-13,18,20,26H,8,11H2,1-2H3,(H,24,27)/t18-,20-/m1/s1. The number of para-hydroxylation sites is 1. The molecule has 1 fully saturated rings. The average molecular weight is 377 g/mol. The molecule has 2 atom stereocenters. The Morgan fingerprint density at radius 2 is 1.93 bits per heavy atom. The number of phenolic OH excluding ortho intramolecular Hbond substituents is 1. The molecule has 2 heterocycles. The lowest BCUT2D eigenvalue weighted by atomic mass is 9.99. The molecule has 1 aliphatic rings. The van der Waals surface area contributed by atoms with Gasteiger partial charge in [0.2, 0.25) is 5.91 Å². The lowest BCUT2D eigenvalue weighted by Crippen LogP contribution is -2.26. The van der Waals surface area contributed by atoms with Crippen molar-refractivity contribution in [1.29, 1.82) is 0 Å². The van der Waals surface area contributed by atoms with Gasteiger partial charge in [-0.1, -0.05) is 18.2 Å². The van der Waals surface area contributed by atoms with Crippen LogP contribution in [0, 0.1) is 19.8 Å². The fraction of sp³-hybridized carbons (Fsp3) is 0.273. The number of nitrogens with zero attached hydrogens (tertiary/aromatic N) is 2. The summed E-state index contributed by atoms with van der Waals surface area (Å²) in [5, 5.41) is 12.9. The van der Waals surface area contributed by atoms with Crippen molar-refractivity contribution in [1.82, 2.24) is 9.55 Å². The van der Waals surface area contributed by atoms with Crippen LogP contribution in [0.1, 0.15) is 29.5 Å². The maximum absolute atomic E-state index is 13.0. The summed E-state index contributed by atoms with van der Waals surface area (Å²) in [4.78, 5) is 17.5. The Morgan fingerprint density at radius 3 is 2.64 bits per heavy atom. The average Bonchev–Trinajstić information content (AvgIpc) is 3.35. The van der Waals surface area contributed by atoms with Gasteiger partial charge in [0.1, 0.15) is 17.7 Å². The van der Waals surface area contributed by atoms with Crippen molar-refractivity contribution >= 4 is 11.6 Å². The molecule has 1 amide bonds. The number of aromatic nitrogens is 2. The Morgan fingerprint density at radius 1 is 1.21 bits per heavy atom. The molecule has 1 saturated heterocycles. The number of anilines is 1. The monoisotopic (exact) mass is 377 g/mol. The minimum atomic E-state index is -0.408. The fourth-order valence-electron chi connectivity index (χ4n) is 3.71. The van der Waals surface area contributed by atoms with Gasteiger partial charge in [0.05, 0.1) is 5.92 Å². The summed E-state index contributed by atoms with van der Waals surface area (Å²) < 4.78 is 7.88. The minimum Gasteiger partial charge on any atom is -0.507 e. The molecular weight excluding hydrogens is 354 g/mol. The largest absolute Gasteiger partial charge is 0.507 e. The molecule has 6 nitrogen and oxygen atoms in total. The molecule has 0 radical (unpaired) electrons. The predicted octanol–water partition coefficient (Wildman–Crippen LogP) is 3.91. The molecule has 0 saturated carbocycles. The van der Waals surface area contributed by atoms with E-state index in [1.54, 1.807) is 18.3 Å². The van der Waals surface area contributed by atoms with Crippen LogP contribution in [0.15, 0.2) is 54.9 Å². The van der Waals surface area contributed by atoms with Gasteiger partial charge in [-0.15, -0.1) is 0 Å². The number of phenols is 1. The van der Waals surface area contributed by atoms with Crippen molar-refractivity contribution in [3.63, 3.8) is 0 Å². The summed E-state index contributed by atoms with van der Waals surface area (Å²) in [5.41, 5.74) is 3.12. The summed E-state index contributed by atoms with van der Waals surface area (Å²) in [5.74, 6) is 0.542. The van der Waals surface area contributed by atoms with Crippen LogP contribution in [0.5, 0.6) is 5.75 Å². The molecule has 28 heavy (non-hydrogen) atoms. The van der Waals surface area contributed by atoms with Crippen molar-refractivity contribution in [3.05, 3.63) is 71.8 Å². The van der Waals surface area contributed by atoms with Gasteiger partial charge in [-0.2, -0.15) is 0 Å². The number of imidazole rings is 1. The van der Waals surface area contributed by atoms with Gasteiger partial charge in [0.15, 0.2) is 0 Å². The highest BCUT2D eigenvalue weighted by Crippen LogP contribution is 2.36. The van der Waals surface area contributed by atoms with E-state index in [0.29, 0.717) is 18.7 Å². The normalized spacial score (nSPS) is 18.9. The molecule has 4 rings (SSSR count). The molecular formula is C22H23N3O3. The molecule has 144 valence electrons. The molecule has 0 bridgehead atoms. The quantitative estimate of drug-likeness (QED) is 0.676. The van der Waals surface area contributed by atoms with Crippen molar-refractivity contribution in [2.24, 2.45) is 5.92 Å². The molecule has 2 N–H and O–H groups in total. The van der Waals surface area contributed by atoms with Crippen LogP contribution in [-0.2, 0) is 9.53 Å². The van der Waals surface area contributed by atoms with Gasteiger partial charge in [-0.25, -0.2) is 4.98 Å². The van der Waals surface area contributed by atoms with Crippen LogP contribution in [0.2, 0.25) is 0 Å². The second-order valence-corrected chi connectivity index (χ2v) is 7.13. The topological polar surface area (TPSA) is 76.4 Å². The smallest absolute Gasteiger partial charge is 0.230 e. The van der Waals surface area contributed by atoms with E-state index >= 15 is 0 Å². The summed E-state index contributed by atoms with van der Waals surface area (Å²) in [6, 6.07) is 13.4. The number of amides is 1. The maximum Gasteiger partial charge on any atom is 0.230 e. The van der Waals surface area contributed by atoms with Gasteiger partial charge < -0.3 is 19.7 Å². The SMILES string of the molecule is Cc1cc(NC(=O)[C@@H]2CCO[C@H]2c2nccn2-c2ccccc2)cc(C)c1O. The number of carbonyl (C=O) groups excluding carboxylic acids is 1. The number of hydrogen-bond donors (Lipinski definition) is 2. The first-order chi connectivity index (χ1) is 13.5. The zero-order valence-corrected chi connectivity index (χ0v) is 15.9. The number of ether oxygens (including phenoxy) is 1. The van der Waals surface area contributed by atoms with Crippen LogP contribution in [0.3, 0.4) is 0 Å². The molecule has 0 aliphatic carbocycles. The molecule has 0 spiro atoms. The van der Waals surface area contributed by atoms with Gasteiger partial charge in [0, 0.05) is 30.4 Å². The summed E-state index contributed by atoms with van der Waals surface area (Å²) in [7, 11) is 0. The first-order valence-corrected chi connectivity index (χ1v) is 9.36. The number of aromatic hydroxyl groups is 1. The van der Waals surface area contributed by atoms with E-state index in [0.717, 1.165) is 22.6 Å². The number of rotatable bonds is 4. The molecule has 6 heteroatoms. The van der Waals surface area contributed by atoms with Crippen LogP contribution in [0.25, 0.3) is 5.69 Å². The Balaban J connectivity index is 1.58. The second-order valence-electron chi connectivity index (χ2n) is 7.13. The van der Waals surface area contributed by atoms with Gasteiger partial charge in [-0.3, -0.25) is 4.79 Å². The Bertz CT molecular complexity index is 974. The Labute approximate surface area is 163 Å². The minimum absolute atomic E-state index is 0.102. The number of benzene rings is 2. The van der Waals surface area contributed by atoms with Crippen LogP contribution < -0.4 is 5.32 Å². The summed E-state index contributed by atoms with van der Waals surface area (Å²) >= 11 is 0. The fourth-order valence-corrected chi connectivity index (χ4v) is 3.71. The molecule has 3 aromatic rings. The Hall–Kier alpha value is -3.12. The van der Waals surface area contributed by atoms with E-state index in [4.69, 9.17) is 4.74 Å². The van der Waals surface area contributed by atoms with Crippen molar-refractivity contribution in [2.45, 2.75) is 26.4 Å². The lowest BCUT2D eigenvalue weighted by Gasteiger charge is -2.19. The third kappa shape index (κ3) is 3.39. The van der Waals surface area contributed by atoms with Crippen molar-refractivity contribution < 1.29 is 14.6 Å². The molecule has 1 aromatic heterocycles. The highest BCUT2D eigenvalue weighted by Gasteiger charge is 2.38. The van der Waals surface area contributed by atoms with Gasteiger partial charge in [0.25, 0.3) is 0 Å². The van der Waals surface area contributed by atoms with E-state index in [2.05, 4.69) is 10.3 Å². The van der Waals surface area contributed by atoms with E-state index in [9.17, 15) is 9.90 Å². The molecule has 2 aromatic carbocycles. The highest BCUT2D eigenvalue weighted by atomic mass is 16.5. The van der Waals surface area contributed by atoms with Crippen LogP contribution in [-0.4, -0.2) is 27.2 Å². The number of aryl methyl sites for hydroxylation is 2. The third-order valence-electron chi connectivity index (χ3n) is 5.15. The van der Waals surface area contributed by atoms with Crippen molar-refractivity contribution in [3.8, 4) is 11.4 Å². The second kappa shape index (κ2) is 7.48. The van der Waals surface area contributed by atoms with Gasteiger partial charge in [-0.05, 0) is 55.7 Å². The zero-order chi connectivity index (χ0) is 19.7. The maximum atomic E-state index is 13.0. The predicted molar refractivity (Wildman–Crippen MR) is 107 cm³/mol. The van der Waals surface area contributed by atoms with E-state index in [1.807, 2.05) is 54.9 Å². The summed E-state index contributed by atoms with van der Waals surface area (Å²) in [6.45, 7) is 4.14. The Kier molecular flexibility index (Phi) is 4.88. The summed E-state index contributed by atoms with van der Waals surface area (Å²) in [6.07, 6.45) is 3.84. The lowest BCUT2D eigenvalue weighted by molar-refractivity contribution is -0.121. The van der Waals surface area contributed by atoms with Crippen LogP contribution in [0.4, 0.5) is 5.69 Å². The zero-order valence-electron chi connectivity index (χ0n) is 15.9. The van der Waals surface area contributed by atoms with Crippen molar-refractivity contribution in [2.75, 3.05) is 11.9 Å². The van der Waals surface area contributed by atoms with E-state index in [-0.39, 0.29) is 17.6 Å². The van der Waals surface area contributed by atoms with Crippen LogP contribution >= 0.6 is 0 Å². The molecule has 1 aliphatic heterocycles. The molecule has 0 unspecified atom stereocenters. The number of nitrogens with one attached hydrogen (secondary N) is 1. The van der Waals surface area contributed by atoms with Gasteiger partial charge >= 0.3 is 0 Å².